The minimum atomic E-state index is -0.500. The number of carboxylic acid groups (broad SMARTS) is 1. The van der Waals surface area contributed by atoms with Crippen LogP contribution in [0.5, 0.6) is 0 Å². The predicted molar refractivity (Wildman–Crippen MR) is 65.9 cm³/mol. The van der Waals surface area contributed by atoms with Gasteiger partial charge in [-0.25, -0.2) is 0 Å². The Morgan fingerprint density at radius 1 is 1.06 bits per heavy atom. The molecule has 0 radical (unpaired) electrons. The average molecular weight is 223 g/mol. The van der Waals surface area contributed by atoms with Crippen LogP contribution in [0.3, 0.4) is 0 Å². The summed E-state index contributed by atoms with van der Waals surface area (Å²) in [5.41, 5.74) is 1.44. The molecule has 1 rings (SSSR count). The molecule has 0 aliphatic carbocycles. The van der Waals surface area contributed by atoms with E-state index in [1.807, 2.05) is 0 Å². The number of carbonyl (C=O) groups excluding carboxylic acids is 1. The summed E-state index contributed by atoms with van der Waals surface area (Å²) in [6.45, 7) is 9.82. The first-order valence-corrected chi connectivity index (χ1v) is 5.68. The fourth-order valence-electron chi connectivity index (χ4n) is 1.96. The SMILES string of the molecule is CC[N+](CC)(CC)c1ccccc1.O=C[O-]. The van der Waals surface area contributed by atoms with Crippen molar-refractivity contribution in [1.82, 2.24) is 4.48 Å². The van der Waals surface area contributed by atoms with Crippen molar-refractivity contribution < 1.29 is 9.90 Å². The quantitative estimate of drug-likeness (QED) is 0.572. The smallest absolute Gasteiger partial charge is 0.132 e. The lowest BCUT2D eigenvalue weighted by Crippen LogP contribution is -2.48. The Kier molecular flexibility index (Phi) is 7.21. The van der Waals surface area contributed by atoms with Crippen LogP contribution in [0.2, 0.25) is 0 Å². The molecule has 0 aliphatic heterocycles. The summed E-state index contributed by atoms with van der Waals surface area (Å²) in [7, 11) is 0. The standard InChI is InChI=1S/C12H20N.CH2O2/c1-4-13(5-2,6-3)12-10-8-7-9-11-12;2-1-3/h7-11H,4-6H2,1-3H3;1H,(H,2,3)/q+1;/p-1. The van der Waals surface area contributed by atoms with Crippen LogP contribution in [0.25, 0.3) is 0 Å². The Labute approximate surface area is 97.9 Å². The van der Waals surface area contributed by atoms with Crippen LogP contribution in [0.15, 0.2) is 30.3 Å². The fraction of sp³-hybridized carbons (Fsp3) is 0.462. The van der Waals surface area contributed by atoms with Gasteiger partial charge >= 0.3 is 0 Å². The minimum absolute atomic E-state index is 0.500. The molecule has 0 aromatic heterocycles. The first-order chi connectivity index (χ1) is 7.70. The van der Waals surface area contributed by atoms with Crippen molar-refractivity contribution in [3.63, 3.8) is 0 Å². The Morgan fingerprint density at radius 2 is 1.44 bits per heavy atom. The molecule has 3 nitrogen and oxygen atoms in total. The maximum absolute atomic E-state index is 8.25. The average Bonchev–Trinajstić information content (AvgIpc) is 2.34. The maximum atomic E-state index is 8.25. The van der Waals surface area contributed by atoms with Gasteiger partial charge in [-0.2, -0.15) is 0 Å². The van der Waals surface area contributed by atoms with E-state index in [-0.39, 0.29) is 0 Å². The summed E-state index contributed by atoms with van der Waals surface area (Å²) in [4.78, 5) is 8.25. The molecule has 0 aliphatic rings. The van der Waals surface area contributed by atoms with Crippen LogP contribution in [0, 0.1) is 0 Å². The van der Waals surface area contributed by atoms with E-state index in [9.17, 15) is 0 Å². The van der Waals surface area contributed by atoms with E-state index in [1.165, 1.54) is 25.3 Å². The lowest BCUT2D eigenvalue weighted by atomic mass is 10.2. The van der Waals surface area contributed by atoms with Crippen molar-refractivity contribution in [1.29, 1.82) is 0 Å². The first kappa shape index (κ1) is 14.6. The highest BCUT2D eigenvalue weighted by molar-refractivity contribution is 5.42. The number of quaternary nitrogens is 1. The van der Waals surface area contributed by atoms with Gasteiger partial charge in [0.05, 0.1) is 19.6 Å². The summed E-state index contributed by atoms with van der Waals surface area (Å²) in [6.07, 6.45) is 0. The molecule has 0 bridgehead atoms. The van der Waals surface area contributed by atoms with Crippen molar-refractivity contribution in [2.24, 2.45) is 0 Å². The van der Waals surface area contributed by atoms with Crippen LogP contribution in [-0.4, -0.2) is 26.1 Å². The van der Waals surface area contributed by atoms with Gasteiger partial charge in [-0.05, 0) is 32.9 Å². The van der Waals surface area contributed by atoms with E-state index in [2.05, 4.69) is 51.1 Å². The first-order valence-electron chi connectivity index (χ1n) is 5.68. The highest BCUT2D eigenvalue weighted by Gasteiger charge is 2.23. The van der Waals surface area contributed by atoms with Crippen LogP contribution in [-0.2, 0) is 4.79 Å². The van der Waals surface area contributed by atoms with Gasteiger partial charge in [-0.15, -0.1) is 0 Å². The molecule has 0 spiro atoms. The van der Waals surface area contributed by atoms with Crippen LogP contribution in [0.1, 0.15) is 20.8 Å². The van der Waals surface area contributed by atoms with E-state index < -0.39 is 6.47 Å². The van der Waals surface area contributed by atoms with E-state index >= 15 is 0 Å². The van der Waals surface area contributed by atoms with Gasteiger partial charge in [0, 0.05) is 6.47 Å². The zero-order chi connectivity index (χ0) is 12.4. The third-order valence-corrected chi connectivity index (χ3v) is 3.12. The summed E-state index contributed by atoms with van der Waals surface area (Å²) < 4.78 is 1.10. The second kappa shape index (κ2) is 7.88. The fourth-order valence-corrected chi connectivity index (χ4v) is 1.96. The molecule has 0 heterocycles. The number of para-hydroxylation sites is 1. The summed E-state index contributed by atoms with van der Waals surface area (Å²) in [6, 6.07) is 10.8. The molecule has 0 amide bonds. The number of carbonyl (C=O) groups is 1. The van der Waals surface area contributed by atoms with Crippen molar-refractivity contribution in [2.45, 2.75) is 20.8 Å². The van der Waals surface area contributed by atoms with Crippen LogP contribution in [0.4, 0.5) is 5.69 Å². The molecule has 1 aromatic rings. The third-order valence-electron chi connectivity index (χ3n) is 3.12. The lowest BCUT2D eigenvalue weighted by Gasteiger charge is -2.35. The van der Waals surface area contributed by atoms with Crippen LogP contribution < -0.4 is 9.59 Å². The number of rotatable bonds is 4. The van der Waals surface area contributed by atoms with Gasteiger partial charge < -0.3 is 9.90 Å². The zero-order valence-electron chi connectivity index (χ0n) is 10.3. The third kappa shape index (κ3) is 3.66. The van der Waals surface area contributed by atoms with Crippen LogP contribution >= 0.6 is 0 Å². The second-order valence-corrected chi connectivity index (χ2v) is 3.53. The molecule has 3 heteroatoms. The number of benzene rings is 1. The number of hydrogen-bond donors (Lipinski definition) is 0. The molecule has 0 saturated carbocycles. The summed E-state index contributed by atoms with van der Waals surface area (Å²) in [5.74, 6) is 0. The second-order valence-electron chi connectivity index (χ2n) is 3.53. The molecule has 90 valence electrons. The highest BCUT2D eigenvalue weighted by Crippen LogP contribution is 2.21. The van der Waals surface area contributed by atoms with Gasteiger partial charge in [-0.1, -0.05) is 18.2 Å². The van der Waals surface area contributed by atoms with E-state index in [1.54, 1.807) is 0 Å². The van der Waals surface area contributed by atoms with E-state index in [0.717, 1.165) is 4.48 Å². The molecule has 0 saturated heterocycles. The van der Waals surface area contributed by atoms with Crippen molar-refractivity contribution in [3.8, 4) is 0 Å². The maximum Gasteiger partial charge on any atom is 0.132 e. The molecule has 0 fully saturated rings. The number of hydrogen-bond acceptors (Lipinski definition) is 2. The van der Waals surface area contributed by atoms with Crippen molar-refractivity contribution >= 4 is 12.2 Å². The van der Waals surface area contributed by atoms with Gasteiger partial charge in [0.1, 0.15) is 5.69 Å². The Balaban J connectivity index is 0.000000673. The predicted octanol–water partition coefficient (Wildman–Crippen LogP) is 1.42. The van der Waals surface area contributed by atoms with Crippen molar-refractivity contribution in [2.75, 3.05) is 19.6 Å². The molecule has 1 aromatic carbocycles. The van der Waals surface area contributed by atoms with E-state index in [4.69, 9.17) is 9.90 Å². The van der Waals surface area contributed by atoms with E-state index in [0.29, 0.717) is 0 Å². The summed E-state index contributed by atoms with van der Waals surface area (Å²) in [5, 5.41) is 8.25. The lowest BCUT2D eigenvalue weighted by molar-refractivity contribution is -0.283. The number of nitrogens with zero attached hydrogens (tertiary/aromatic N) is 1. The monoisotopic (exact) mass is 223 g/mol. The van der Waals surface area contributed by atoms with Gasteiger partial charge in [0.15, 0.2) is 0 Å². The highest BCUT2D eigenvalue weighted by atomic mass is 16.3. The largest absolute Gasteiger partial charge is 0.554 e. The Hall–Kier alpha value is -1.35. The van der Waals surface area contributed by atoms with Gasteiger partial charge in [0.2, 0.25) is 0 Å². The topological polar surface area (TPSA) is 40.1 Å². The molecule has 0 atom stereocenters. The molecule has 0 unspecified atom stereocenters. The van der Waals surface area contributed by atoms with Gasteiger partial charge in [0.25, 0.3) is 0 Å². The zero-order valence-corrected chi connectivity index (χ0v) is 10.3. The van der Waals surface area contributed by atoms with Gasteiger partial charge in [-0.3, -0.25) is 4.48 Å². The normalized spacial score (nSPS) is 10.2. The van der Waals surface area contributed by atoms with Crippen molar-refractivity contribution in [3.05, 3.63) is 30.3 Å². The Morgan fingerprint density at radius 3 is 1.75 bits per heavy atom. The molecule has 0 N–H and O–H groups in total. The molecular formula is C13H21NO2. The molecular weight excluding hydrogens is 202 g/mol. The Bertz CT molecular complexity index is 273. The minimum Gasteiger partial charge on any atom is -0.554 e. The summed E-state index contributed by atoms with van der Waals surface area (Å²) >= 11 is 0. The molecule has 16 heavy (non-hydrogen) atoms.